The standard InChI is InChI=1S/C20H22N4O3/c1-12-10-23(11-13(2)27-12)16-4-6-18-15(7-16)8-19(22-18)14-3-5-17(21)20(9-14)24(25)26/h3-7,9,12-13H,8,10-11,21H2,1-2H3/t12-,13+. The van der Waals surface area contributed by atoms with Gasteiger partial charge in [0, 0.05) is 36.8 Å². The first kappa shape index (κ1) is 17.5. The van der Waals surface area contributed by atoms with Crippen molar-refractivity contribution in [2.75, 3.05) is 23.7 Å². The molecule has 0 saturated carbocycles. The number of morpholine rings is 1. The number of nitro groups is 1. The van der Waals surface area contributed by atoms with Crippen LogP contribution in [-0.2, 0) is 11.2 Å². The van der Waals surface area contributed by atoms with E-state index < -0.39 is 4.92 Å². The highest BCUT2D eigenvalue weighted by molar-refractivity contribution is 6.07. The molecule has 0 spiro atoms. The molecule has 0 aromatic heterocycles. The zero-order valence-corrected chi connectivity index (χ0v) is 15.4. The van der Waals surface area contributed by atoms with E-state index >= 15 is 0 Å². The van der Waals surface area contributed by atoms with E-state index in [0.717, 1.165) is 41.3 Å². The Morgan fingerprint density at radius 1 is 1.19 bits per heavy atom. The van der Waals surface area contributed by atoms with Crippen LogP contribution >= 0.6 is 0 Å². The second-order valence-electron chi connectivity index (χ2n) is 7.24. The fourth-order valence-electron chi connectivity index (χ4n) is 3.82. The highest BCUT2D eigenvalue weighted by Gasteiger charge is 2.25. The van der Waals surface area contributed by atoms with Crippen LogP contribution in [0, 0.1) is 10.1 Å². The monoisotopic (exact) mass is 366 g/mol. The third-order valence-corrected chi connectivity index (χ3v) is 5.02. The van der Waals surface area contributed by atoms with Gasteiger partial charge in [0.05, 0.1) is 28.5 Å². The average Bonchev–Trinajstić information content (AvgIpc) is 3.04. The lowest BCUT2D eigenvalue weighted by molar-refractivity contribution is -0.383. The number of hydrogen-bond acceptors (Lipinski definition) is 6. The Morgan fingerprint density at radius 3 is 2.63 bits per heavy atom. The smallest absolute Gasteiger partial charge is 0.292 e. The average molecular weight is 366 g/mol. The quantitative estimate of drug-likeness (QED) is 0.510. The van der Waals surface area contributed by atoms with E-state index in [2.05, 4.69) is 35.9 Å². The number of rotatable bonds is 3. The maximum atomic E-state index is 11.1. The summed E-state index contributed by atoms with van der Waals surface area (Å²) in [4.78, 5) is 17.7. The summed E-state index contributed by atoms with van der Waals surface area (Å²) in [6.45, 7) is 5.90. The molecule has 2 aromatic carbocycles. The zero-order chi connectivity index (χ0) is 19.1. The normalized spacial score (nSPS) is 21.7. The van der Waals surface area contributed by atoms with E-state index in [1.165, 1.54) is 6.07 Å². The highest BCUT2D eigenvalue weighted by atomic mass is 16.6. The summed E-state index contributed by atoms with van der Waals surface area (Å²) in [6.07, 6.45) is 1.05. The van der Waals surface area contributed by atoms with E-state index in [1.807, 2.05) is 6.07 Å². The Balaban J connectivity index is 1.58. The Morgan fingerprint density at radius 2 is 1.93 bits per heavy atom. The third kappa shape index (κ3) is 3.38. The fourth-order valence-corrected chi connectivity index (χ4v) is 3.82. The Labute approximate surface area is 157 Å². The van der Waals surface area contributed by atoms with Gasteiger partial charge >= 0.3 is 0 Å². The van der Waals surface area contributed by atoms with Crippen LogP contribution in [0.3, 0.4) is 0 Å². The lowest BCUT2D eigenvalue weighted by Crippen LogP contribution is -2.45. The SMILES string of the molecule is C[C@@H]1CN(c2ccc3c(c2)CC(c2ccc(N)c([N+](=O)[O-])c2)=N3)C[C@H](C)O1. The van der Waals surface area contributed by atoms with E-state index in [1.54, 1.807) is 12.1 Å². The van der Waals surface area contributed by atoms with Gasteiger partial charge in [-0.1, -0.05) is 6.07 Å². The molecule has 0 radical (unpaired) electrons. The van der Waals surface area contributed by atoms with Gasteiger partial charge in [-0.3, -0.25) is 15.1 Å². The maximum Gasteiger partial charge on any atom is 0.292 e. The minimum absolute atomic E-state index is 0.0804. The number of nitrogens with zero attached hydrogens (tertiary/aromatic N) is 3. The van der Waals surface area contributed by atoms with E-state index in [9.17, 15) is 10.1 Å². The van der Waals surface area contributed by atoms with Gasteiger partial charge in [-0.2, -0.15) is 0 Å². The van der Waals surface area contributed by atoms with Crippen LogP contribution in [0.5, 0.6) is 0 Å². The lowest BCUT2D eigenvalue weighted by atomic mass is 10.0. The summed E-state index contributed by atoms with van der Waals surface area (Å²) >= 11 is 0. The van der Waals surface area contributed by atoms with E-state index in [4.69, 9.17) is 10.5 Å². The van der Waals surface area contributed by atoms with Crippen molar-refractivity contribution in [1.29, 1.82) is 0 Å². The molecule has 2 aliphatic rings. The van der Waals surface area contributed by atoms with Crippen molar-refractivity contribution in [3.8, 4) is 0 Å². The van der Waals surface area contributed by atoms with Gasteiger partial charge in [-0.15, -0.1) is 0 Å². The fraction of sp³-hybridized carbons (Fsp3) is 0.350. The number of aliphatic imine (C=N–C) groups is 1. The second kappa shape index (κ2) is 6.66. The van der Waals surface area contributed by atoms with Crippen molar-refractivity contribution >= 4 is 28.5 Å². The molecular weight excluding hydrogens is 344 g/mol. The van der Waals surface area contributed by atoms with Crippen LogP contribution in [0.1, 0.15) is 25.0 Å². The number of hydrogen-bond donors (Lipinski definition) is 1. The number of fused-ring (bicyclic) bond motifs is 1. The number of anilines is 2. The molecule has 27 heavy (non-hydrogen) atoms. The molecule has 2 heterocycles. The topological polar surface area (TPSA) is 94.0 Å². The lowest BCUT2D eigenvalue weighted by Gasteiger charge is -2.37. The molecule has 0 amide bonds. The van der Waals surface area contributed by atoms with Gasteiger partial charge in [0.2, 0.25) is 0 Å². The number of nitrogen functional groups attached to an aromatic ring is 1. The summed E-state index contributed by atoms with van der Waals surface area (Å²) in [5, 5.41) is 11.1. The summed E-state index contributed by atoms with van der Waals surface area (Å²) in [5.74, 6) is 0. The molecule has 140 valence electrons. The molecular formula is C20H22N4O3. The molecule has 0 aliphatic carbocycles. The van der Waals surface area contributed by atoms with Crippen molar-refractivity contribution in [3.05, 3.63) is 57.6 Å². The van der Waals surface area contributed by atoms with Crippen molar-refractivity contribution in [2.24, 2.45) is 4.99 Å². The summed E-state index contributed by atoms with van der Waals surface area (Å²) < 4.78 is 5.82. The predicted octanol–water partition coefficient (Wildman–Crippen LogP) is 3.47. The van der Waals surface area contributed by atoms with Crippen LogP contribution < -0.4 is 10.6 Å². The van der Waals surface area contributed by atoms with E-state index in [0.29, 0.717) is 6.42 Å². The van der Waals surface area contributed by atoms with Crippen LogP contribution in [0.25, 0.3) is 0 Å². The first-order valence-corrected chi connectivity index (χ1v) is 9.06. The Bertz CT molecular complexity index is 931. The van der Waals surface area contributed by atoms with Gasteiger partial charge in [0.15, 0.2) is 0 Å². The summed E-state index contributed by atoms with van der Waals surface area (Å²) in [7, 11) is 0. The number of nitro benzene ring substituents is 1. The van der Waals surface area contributed by atoms with Gasteiger partial charge in [-0.05, 0) is 43.7 Å². The molecule has 7 nitrogen and oxygen atoms in total. The molecule has 1 fully saturated rings. The van der Waals surface area contributed by atoms with Crippen LogP contribution in [0.4, 0.5) is 22.7 Å². The third-order valence-electron chi connectivity index (χ3n) is 5.02. The second-order valence-corrected chi connectivity index (χ2v) is 7.24. The molecule has 2 atom stereocenters. The van der Waals surface area contributed by atoms with Crippen LogP contribution in [0.2, 0.25) is 0 Å². The molecule has 0 unspecified atom stereocenters. The van der Waals surface area contributed by atoms with Crippen molar-refractivity contribution in [2.45, 2.75) is 32.5 Å². The summed E-state index contributed by atoms with van der Waals surface area (Å²) in [5.41, 5.74) is 10.6. The number of benzene rings is 2. The van der Waals surface area contributed by atoms with Gasteiger partial charge < -0.3 is 15.4 Å². The minimum atomic E-state index is -0.458. The first-order chi connectivity index (χ1) is 12.9. The highest BCUT2D eigenvalue weighted by Crippen LogP contribution is 2.34. The van der Waals surface area contributed by atoms with E-state index in [-0.39, 0.29) is 23.6 Å². The zero-order valence-electron chi connectivity index (χ0n) is 15.4. The first-order valence-electron chi connectivity index (χ1n) is 9.06. The molecule has 4 rings (SSSR count). The van der Waals surface area contributed by atoms with Crippen LogP contribution in [-0.4, -0.2) is 35.9 Å². The Hall–Kier alpha value is -2.93. The van der Waals surface area contributed by atoms with Crippen molar-refractivity contribution in [3.63, 3.8) is 0 Å². The molecule has 2 aliphatic heterocycles. The molecule has 1 saturated heterocycles. The number of nitrogens with two attached hydrogens (primary N) is 1. The Kier molecular flexibility index (Phi) is 4.31. The number of ether oxygens (including phenoxy) is 1. The molecule has 2 aromatic rings. The maximum absolute atomic E-state index is 11.1. The van der Waals surface area contributed by atoms with Crippen LogP contribution in [0.15, 0.2) is 41.4 Å². The largest absolute Gasteiger partial charge is 0.393 e. The van der Waals surface area contributed by atoms with Gasteiger partial charge in [0.25, 0.3) is 5.69 Å². The predicted molar refractivity (Wildman–Crippen MR) is 106 cm³/mol. The molecule has 2 N–H and O–H groups in total. The molecule has 0 bridgehead atoms. The summed E-state index contributed by atoms with van der Waals surface area (Å²) in [6, 6.07) is 11.1. The molecule has 7 heteroatoms. The van der Waals surface area contributed by atoms with Gasteiger partial charge in [0.1, 0.15) is 5.69 Å². The van der Waals surface area contributed by atoms with Crippen molar-refractivity contribution in [1.82, 2.24) is 0 Å². The van der Waals surface area contributed by atoms with Gasteiger partial charge in [-0.25, -0.2) is 0 Å². The minimum Gasteiger partial charge on any atom is -0.393 e. The van der Waals surface area contributed by atoms with Crippen molar-refractivity contribution < 1.29 is 9.66 Å².